The Balaban J connectivity index is 1.43. The quantitative estimate of drug-likeness (QED) is 0.742. The highest BCUT2D eigenvalue weighted by Gasteiger charge is 2.26. The summed E-state index contributed by atoms with van der Waals surface area (Å²) in [5, 5.41) is 7.38. The lowest BCUT2D eigenvalue weighted by Crippen LogP contribution is -2.26. The van der Waals surface area contributed by atoms with E-state index in [9.17, 15) is 4.79 Å². The zero-order chi connectivity index (χ0) is 18.1. The van der Waals surface area contributed by atoms with Crippen LogP contribution in [0.4, 0.5) is 5.82 Å². The molecule has 0 spiro atoms. The van der Waals surface area contributed by atoms with Crippen molar-refractivity contribution in [3.05, 3.63) is 65.6 Å². The van der Waals surface area contributed by atoms with Gasteiger partial charge in [-0.3, -0.25) is 9.89 Å². The number of nitrogens with zero attached hydrogens (tertiary/aromatic N) is 3. The second-order valence-corrected chi connectivity index (χ2v) is 6.80. The Morgan fingerprint density at radius 1 is 1.19 bits per heavy atom. The van der Waals surface area contributed by atoms with Gasteiger partial charge in [-0.05, 0) is 48.7 Å². The number of benzene rings is 1. The lowest BCUT2D eigenvalue weighted by atomic mass is 10.1. The second kappa shape index (κ2) is 6.63. The molecule has 6 nitrogen and oxygen atoms in total. The van der Waals surface area contributed by atoms with Gasteiger partial charge in [-0.2, -0.15) is 5.10 Å². The fourth-order valence-electron chi connectivity index (χ4n) is 2.98. The third kappa shape index (κ3) is 3.44. The Labute approximate surface area is 152 Å². The molecule has 0 saturated heterocycles. The first-order chi connectivity index (χ1) is 12.6. The summed E-state index contributed by atoms with van der Waals surface area (Å²) < 4.78 is 0. The maximum absolute atomic E-state index is 12.7. The van der Waals surface area contributed by atoms with Gasteiger partial charge in [-0.25, -0.2) is 4.98 Å². The van der Waals surface area contributed by atoms with Crippen molar-refractivity contribution >= 4 is 11.7 Å². The fraction of sp³-hybridized carbons (Fsp3) is 0.250. The van der Waals surface area contributed by atoms with Crippen molar-refractivity contribution in [1.82, 2.24) is 20.1 Å². The lowest BCUT2D eigenvalue weighted by molar-refractivity contribution is 0.0783. The van der Waals surface area contributed by atoms with E-state index < -0.39 is 0 Å². The number of aromatic nitrogens is 3. The molecule has 0 atom stereocenters. The van der Waals surface area contributed by atoms with Crippen LogP contribution in [0.25, 0.3) is 11.1 Å². The molecular formula is C20H21N5O. The minimum absolute atomic E-state index is 0.0189. The van der Waals surface area contributed by atoms with Gasteiger partial charge in [0.2, 0.25) is 0 Å². The molecule has 1 saturated carbocycles. The molecular weight excluding hydrogens is 326 g/mol. The second-order valence-electron chi connectivity index (χ2n) is 6.80. The molecule has 0 unspecified atom stereocenters. The number of anilines is 1. The van der Waals surface area contributed by atoms with E-state index in [0.717, 1.165) is 22.5 Å². The third-order valence-corrected chi connectivity index (χ3v) is 4.65. The van der Waals surface area contributed by atoms with Gasteiger partial charge in [0.15, 0.2) is 0 Å². The van der Waals surface area contributed by atoms with Crippen LogP contribution in [0.3, 0.4) is 0 Å². The van der Waals surface area contributed by atoms with E-state index in [0.29, 0.717) is 23.8 Å². The van der Waals surface area contributed by atoms with Gasteiger partial charge < -0.3 is 10.6 Å². The molecule has 1 fully saturated rings. The van der Waals surface area contributed by atoms with E-state index in [1.54, 1.807) is 24.2 Å². The zero-order valence-electron chi connectivity index (χ0n) is 14.6. The van der Waals surface area contributed by atoms with Crippen molar-refractivity contribution in [3.8, 4) is 11.1 Å². The van der Waals surface area contributed by atoms with Crippen LogP contribution in [0.15, 0.2) is 48.7 Å². The Morgan fingerprint density at radius 2 is 1.92 bits per heavy atom. The van der Waals surface area contributed by atoms with Crippen molar-refractivity contribution in [3.63, 3.8) is 0 Å². The van der Waals surface area contributed by atoms with Crippen molar-refractivity contribution in [1.29, 1.82) is 0 Å². The molecule has 0 aliphatic heterocycles. The van der Waals surface area contributed by atoms with E-state index in [1.807, 2.05) is 30.3 Å². The average Bonchev–Trinajstić information content (AvgIpc) is 3.41. The van der Waals surface area contributed by atoms with Crippen LogP contribution in [0, 0.1) is 0 Å². The van der Waals surface area contributed by atoms with E-state index in [1.165, 1.54) is 12.8 Å². The van der Waals surface area contributed by atoms with Gasteiger partial charge in [-0.1, -0.05) is 12.1 Å². The zero-order valence-corrected chi connectivity index (χ0v) is 14.6. The molecule has 2 heterocycles. The summed E-state index contributed by atoms with van der Waals surface area (Å²) in [4.78, 5) is 18.5. The van der Waals surface area contributed by atoms with Gasteiger partial charge in [0.25, 0.3) is 5.91 Å². The minimum Gasteiger partial charge on any atom is -0.384 e. The number of amides is 1. The van der Waals surface area contributed by atoms with Crippen LogP contribution in [-0.4, -0.2) is 33.0 Å². The number of hydrogen-bond acceptors (Lipinski definition) is 4. The van der Waals surface area contributed by atoms with Crippen molar-refractivity contribution in [2.75, 3.05) is 12.8 Å². The van der Waals surface area contributed by atoms with Gasteiger partial charge >= 0.3 is 0 Å². The monoisotopic (exact) mass is 347 g/mol. The van der Waals surface area contributed by atoms with Crippen molar-refractivity contribution < 1.29 is 4.79 Å². The number of carbonyl (C=O) groups is 1. The summed E-state index contributed by atoms with van der Waals surface area (Å²) in [6.45, 7) is 0.516. The van der Waals surface area contributed by atoms with Gasteiger partial charge in [0.1, 0.15) is 5.82 Å². The highest BCUT2D eigenvalue weighted by atomic mass is 16.2. The molecule has 4 rings (SSSR count). The number of aromatic amines is 1. The molecule has 6 heteroatoms. The predicted octanol–water partition coefficient (Wildman–Crippen LogP) is 3.20. The highest BCUT2D eigenvalue weighted by molar-refractivity contribution is 5.94. The molecule has 1 aliphatic rings. The summed E-state index contributed by atoms with van der Waals surface area (Å²) >= 11 is 0. The van der Waals surface area contributed by atoms with Gasteiger partial charge in [-0.15, -0.1) is 0 Å². The molecule has 1 aromatic carbocycles. The van der Waals surface area contributed by atoms with Crippen LogP contribution in [0.1, 0.15) is 40.5 Å². The summed E-state index contributed by atoms with van der Waals surface area (Å²) in [5.74, 6) is 1.08. The first kappa shape index (κ1) is 16.3. The number of hydrogen-bond donors (Lipinski definition) is 2. The maximum atomic E-state index is 12.7. The number of H-pyrrole nitrogens is 1. The van der Waals surface area contributed by atoms with Gasteiger partial charge in [0.05, 0.1) is 17.9 Å². The minimum atomic E-state index is -0.0189. The largest absolute Gasteiger partial charge is 0.384 e. The molecule has 132 valence electrons. The first-order valence-electron chi connectivity index (χ1n) is 8.72. The topological polar surface area (TPSA) is 87.9 Å². The predicted molar refractivity (Wildman–Crippen MR) is 100 cm³/mol. The number of rotatable bonds is 5. The van der Waals surface area contributed by atoms with Crippen LogP contribution in [-0.2, 0) is 6.54 Å². The molecule has 26 heavy (non-hydrogen) atoms. The normalized spacial score (nSPS) is 13.6. The molecule has 1 amide bonds. The molecule has 0 bridgehead atoms. The molecule has 3 aromatic rings. The SMILES string of the molecule is CN(Cc1cc(C2CC2)n[nH]1)C(=O)c1ccc(-c2ccc(N)nc2)cc1. The number of pyridine rings is 1. The Morgan fingerprint density at radius 3 is 2.58 bits per heavy atom. The fourth-order valence-corrected chi connectivity index (χ4v) is 2.98. The molecule has 3 N–H and O–H groups in total. The summed E-state index contributed by atoms with van der Waals surface area (Å²) in [7, 11) is 1.80. The lowest BCUT2D eigenvalue weighted by Gasteiger charge is -2.16. The average molecular weight is 347 g/mol. The molecule has 1 aliphatic carbocycles. The van der Waals surface area contributed by atoms with Crippen LogP contribution in [0.5, 0.6) is 0 Å². The number of carbonyl (C=O) groups excluding carboxylic acids is 1. The summed E-state index contributed by atoms with van der Waals surface area (Å²) in [6.07, 6.45) is 4.16. The maximum Gasteiger partial charge on any atom is 0.253 e. The van der Waals surface area contributed by atoms with Crippen molar-refractivity contribution in [2.45, 2.75) is 25.3 Å². The van der Waals surface area contributed by atoms with Crippen LogP contribution >= 0.6 is 0 Å². The van der Waals surface area contributed by atoms with E-state index in [-0.39, 0.29) is 5.91 Å². The Bertz CT molecular complexity index is 910. The summed E-state index contributed by atoms with van der Waals surface area (Å²) in [5.41, 5.74) is 10.3. The standard InChI is InChI=1S/C20H21N5O/c1-25(12-17-10-18(24-23-17)14-4-5-14)20(26)15-6-2-13(3-7-15)16-8-9-19(21)22-11-16/h2-3,6-11,14H,4-5,12H2,1H3,(H2,21,22)(H,23,24). The Hall–Kier alpha value is -3.15. The van der Waals surface area contributed by atoms with Gasteiger partial charge in [0, 0.05) is 30.3 Å². The van der Waals surface area contributed by atoms with Crippen LogP contribution in [0.2, 0.25) is 0 Å². The number of nitrogens with two attached hydrogens (primary N) is 1. The first-order valence-corrected chi connectivity index (χ1v) is 8.72. The Kier molecular flexibility index (Phi) is 4.16. The van der Waals surface area contributed by atoms with Crippen LogP contribution < -0.4 is 5.73 Å². The highest BCUT2D eigenvalue weighted by Crippen LogP contribution is 2.39. The van der Waals surface area contributed by atoms with Crippen molar-refractivity contribution in [2.24, 2.45) is 0 Å². The van der Waals surface area contributed by atoms with E-state index in [2.05, 4.69) is 21.2 Å². The molecule has 0 radical (unpaired) electrons. The smallest absolute Gasteiger partial charge is 0.253 e. The van der Waals surface area contributed by atoms with E-state index in [4.69, 9.17) is 5.73 Å². The van der Waals surface area contributed by atoms with E-state index >= 15 is 0 Å². The number of nitrogen functional groups attached to an aromatic ring is 1. The number of nitrogens with one attached hydrogen (secondary N) is 1. The third-order valence-electron chi connectivity index (χ3n) is 4.65. The molecule has 2 aromatic heterocycles. The summed E-state index contributed by atoms with van der Waals surface area (Å²) in [6, 6.07) is 13.3.